The van der Waals surface area contributed by atoms with Gasteiger partial charge in [-0.3, -0.25) is 4.98 Å². The molecule has 0 aliphatic heterocycles. The van der Waals surface area contributed by atoms with Gasteiger partial charge in [0.1, 0.15) is 5.75 Å². The van der Waals surface area contributed by atoms with Crippen molar-refractivity contribution in [1.82, 2.24) is 4.98 Å². The fourth-order valence-corrected chi connectivity index (χ4v) is 3.09. The van der Waals surface area contributed by atoms with Crippen LogP contribution in [0.4, 0.5) is 0 Å². The summed E-state index contributed by atoms with van der Waals surface area (Å²) in [6.07, 6.45) is 1.26. The molecule has 0 aliphatic carbocycles. The number of ether oxygens (including phenoxy) is 1. The predicted molar refractivity (Wildman–Crippen MR) is 107 cm³/mol. The highest BCUT2D eigenvalue weighted by Crippen LogP contribution is 2.32. The number of aromatic nitrogens is 1. The lowest BCUT2D eigenvalue weighted by Gasteiger charge is -2.13. The molecular formula is C22H20ClNO3. The Hall–Kier alpha value is -2.85. The first-order valence-electron chi connectivity index (χ1n) is 8.78. The van der Waals surface area contributed by atoms with Crippen molar-refractivity contribution in [3.05, 3.63) is 82.5 Å². The highest BCUT2D eigenvalue weighted by atomic mass is 35.5. The summed E-state index contributed by atoms with van der Waals surface area (Å²) in [5.41, 5.74) is 3.38. The van der Waals surface area contributed by atoms with E-state index >= 15 is 0 Å². The van der Waals surface area contributed by atoms with Gasteiger partial charge in [0.15, 0.2) is 0 Å². The van der Waals surface area contributed by atoms with E-state index in [0.717, 1.165) is 17.5 Å². The number of nitrogens with zero attached hydrogens (tertiary/aromatic N) is 1. The van der Waals surface area contributed by atoms with Crippen LogP contribution in [0.5, 0.6) is 5.75 Å². The molecule has 2 aromatic carbocycles. The summed E-state index contributed by atoms with van der Waals surface area (Å²) in [4.78, 5) is 16.3. The van der Waals surface area contributed by atoms with Crippen molar-refractivity contribution in [2.24, 2.45) is 0 Å². The van der Waals surface area contributed by atoms with Gasteiger partial charge in [0.25, 0.3) is 0 Å². The molecule has 0 spiro atoms. The Morgan fingerprint density at radius 2 is 1.85 bits per heavy atom. The van der Waals surface area contributed by atoms with Gasteiger partial charge in [-0.25, -0.2) is 4.79 Å². The Morgan fingerprint density at radius 1 is 1.07 bits per heavy atom. The van der Waals surface area contributed by atoms with E-state index in [4.69, 9.17) is 16.3 Å². The number of hydrogen-bond donors (Lipinski definition) is 1. The molecule has 3 rings (SSSR count). The maximum absolute atomic E-state index is 11.6. The maximum atomic E-state index is 11.6. The zero-order valence-electron chi connectivity index (χ0n) is 15.0. The summed E-state index contributed by atoms with van der Waals surface area (Å²) in [6, 6.07) is 18.6. The van der Waals surface area contributed by atoms with E-state index in [-0.39, 0.29) is 5.56 Å². The van der Waals surface area contributed by atoms with Crippen LogP contribution in [0, 0.1) is 0 Å². The average Bonchev–Trinajstić information content (AvgIpc) is 2.67. The van der Waals surface area contributed by atoms with Crippen LogP contribution in [-0.2, 0) is 12.8 Å². The first-order chi connectivity index (χ1) is 13.1. The summed E-state index contributed by atoms with van der Waals surface area (Å²) in [5.74, 6) is -0.340. The van der Waals surface area contributed by atoms with Gasteiger partial charge in [0.05, 0.1) is 23.6 Å². The molecule has 1 aromatic heterocycles. The minimum Gasteiger partial charge on any atom is -0.493 e. The molecule has 0 bridgehead atoms. The van der Waals surface area contributed by atoms with Gasteiger partial charge in [-0.1, -0.05) is 41.9 Å². The van der Waals surface area contributed by atoms with Gasteiger partial charge in [-0.05, 0) is 55.7 Å². The van der Waals surface area contributed by atoms with Crippen LogP contribution >= 0.6 is 11.6 Å². The third kappa shape index (κ3) is 4.66. The molecule has 0 aliphatic rings. The molecule has 0 amide bonds. The molecule has 27 heavy (non-hydrogen) atoms. The first-order valence-corrected chi connectivity index (χ1v) is 9.16. The van der Waals surface area contributed by atoms with Crippen molar-refractivity contribution in [1.29, 1.82) is 0 Å². The number of halogens is 1. The summed E-state index contributed by atoms with van der Waals surface area (Å²) in [5, 5.41) is 10.1. The third-order valence-corrected chi connectivity index (χ3v) is 4.45. The largest absolute Gasteiger partial charge is 0.493 e. The van der Waals surface area contributed by atoms with Crippen LogP contribution < -0.4 is 4.74 Å². The zero-order valence-corrected chi connectivity index (χ0v) is 15.7. The fourth-order valence-electron chi connectivity index (χ4n) is 2.93. The van der Waals surface area contributed by atoms with Gasteiger partial charge in [-0.2, -0.15) is 0 Å². The van der Waals surface area contributed by atoms with Gasteiger partial charge < -0.3 is 9.84 Å². The van der Waals surface area contributed by atoms with Crippen molar-refractivity contribution in [3.8, 4) is 17.0 Å². The maximum Gasteiger partial charge on any atom is 0.337 e. The van der Waals surface area contributed by atoms with Crippen LogP contribution in [0.1, 0.15) is 28.5 Å². The van der Waals surface area contributed by atoms with Crippen molar-refractivity contribution in [2.75, 3.05) is 6.61 Å². The van der Waals surface area contributed by atoms with Crippen LogP contribution in [0.15, 0.2) is 60.7 Å². The Labute approximate surface area is 163 Å². The molecule has 1 N–H and O–H groups in total. The lowest BCUT2D eigenvalue weighted by atomic mass is 10.0. The summed E-state index contributed by atoms with van der Waals surface area (Å²) in [6.45, 7) is 2.40. The number of carboxylic acids is 1. The predicted octanol–water partition coefficient (Wildman–Crippen LogP) is 5.28. The fraction of sp³-hybridized carbons (Fsp3) is 0.182. The van der Waals surface area contributed by atoms with Crippen LogP contribution in [0.2, 0.25) is 5.02 Å². The van der Waals surface area contributed by atoms with Crippen molar-refractivity contribution in [3.63, 3.8) is 0 Å². The minimum absolute atomic E-state index is 0.224. The molecule has 0 saturated heterocycles. The highest BCUT2D eigenvalue weighted by molar-refractivity contribution is 6.30. The second-order valence-electron chi connectivity index (χ2n) is 6.05. The van der Waals surface area contributed by atoms with Gasteiger partial charge >= 0.3 is 5.97 Å². The van der Waals surface area contributed by atoms with E-state index < -0.39 is 5.97 Å². The molecule has 0 fully saturated rings. The molecule has 1 heterocycles. The third-order valence-electron chi connectivity index (χ3n) is 4.22. The standard InChI is InChI=1S/C22H20ClNO3/c1-2-27-21-14-16(23)9-10-17(21)19-13-11-18(22(25)26)20(24-19)12-8-15-6-4-3-5-7-15/h3-7,9-11,13-14H,2,8,12H2,1H3,(H,25,26). The van der Waals surface area contributed by atoms with Gasteiger partial charge in [0, 0.05) is 10.6 Å². The smallest absolute Gasteiger partial charge is 0.337 e. The second-order valence-corrected chi connectivity index (χ2v) is 6.49. The van der Waals surface area contributed by atoms with Gasteiger partial charge in [-0.15, -0.1) is 0 Å². The molecule has 138 valence electrons. The number of benzene rings is 2. The van der Waals surface area contributed by atoms with Crippen molar-refractivity contribution >= 4 is 17.6 Å². The Bertz CT molecular complexity index is 942. The summed E-state index contributed by atoms with van der Waals surface area (Å²) >= 11 is 6.08. The SMILES string of the molecule is CCOc1cc(Cl)ccc1-c1ccc(C(=O)O)c(CCc2ccccc2)n1. The van der Waals surface area contributed by atoms with Crippen molar-refractivity contribution in [2.45, 2.75) is 19.8 Å². The second kappa shape index (κ2) is 8.69. The number of pyridine rings is 1. The number of rotatable bonds is 7. The molecule has 5 heteroatoms. The monoisotopic (exact) mass is 381 g/mol. The molecule has 3 aromatic rings. The summed E-state index contributed by atoms with van der Waals surface area (Å²) < 4.78 is 5.68. The zero-order chi connectivity index (χ0) is 19.2. The van der Waals surface area contributed by atoms with E-state index in [0.29, 0.717) is 35.2 Å². The quantitative estimate of drug-likeness (QED) is 0.604. The molecular weight excluding hydrogens is 362 g/mol. The van der Waals surface area contributed by atoms with E-state index in [1.165, 1.54) is 0 Å². The van der Waals surface area contributed by atoms with Crippen LogP contribution in [0.3, 0.4) is 0 Å². The van der Waals surface area contributed by atoms with Gasteiger partial charge in [0.2, 0.25) is 0 Å². The van der Waals surface area contributed by atoms with E-state index in [1.54, 1.807) is 24.3 Å². The van der Waals surface area contributed by atoms with E-state index in [9.17, 15) is 9.90 Å². The lowest BCUT2D eigenvalue weighted by Crippen LogP contribution is -2.07. The van der Waals surface area contributed by atoms with E-state index in [2.05, 4.69) is 4.98 Å². The number of carboxylic acid groups (broad SMARTS) is 1. The number of carbonyl (C=O) groups is 1. The number of aromatic carboxylic acids is 1. The Kier molecular flexibility index (Phi) is 6.09. The van der Waals surface area contributed by atoms with Crippen LogP contribution in [-0.4, -0.2) is 22.7 Å². The normalized spacial score (nSPS) is 10.6. The highest BCUT2D eigenvalue weighted by Gasteiger charge is 2.15. The minimum atomic E-state index is -0.974. The van der Waals surface area contributed by atoms with Crippen LogP contribution in [0.25, 0.3) is 11.3 Å². The molecule has 0 unspecified atom stereocenters. The molecule has 0 atom stereocenters. The van der Waals surface area contributed by atoms with E-state index in [1.807, 2.05) is 43.3 Å². The molecule has 0 saturated carbocycles. The number of aryl methyl sites for hydroxylation is 2. The lowest BCUT2D eigenvalue weighted by molar-refractivity contribution is 0.0695. The number of hydrogen-bond acceptors (Lipinski definition) is 3. The average molecular weight is 382 g/mol. The first kappa shape index (κ1) is 18.9. The molecule has 4 nitrogen and oxygen atoms in total. The molecule has 0 radical (unpaired) electrons. The van der Waals surface area contributed by atoms with Crippen molar-refractivity contribution < 1.29 is 14.6 Å². The Morgan fingerprint density at radius 3 is 2.56 bits per heavy atom. The topological polar surface area (TPSA) is 59.4 Å². The Balaban J connectivity index is 1.97. The summed E-state index contributed by atoms with van der Waals surface area (Å²) in [7, 11) is 0.